The monoisotopic (exact) mass is 640 g/mol. The molecule has 1 spiro atoms. The van der Waals surface area contributed by atoms with Gasteiger partial charge in [0.05, 0.1) is 29.4 Å². The smallest absolute Gasteiger partial charge is 0.435 e. The maximum absolute atomic E-state index is 14.2. The van der Waals surface area contributed by atoms with Gasteiger partial charge in [-0.15, -0.1) is 5.10 Å². The molecule has 0 saturated heterocycles. The summed E-state index contributed by atoms with van der Waals surface area (Å²) in [7, 11) is 3.44. The number of anilines is 3. The Morgan fingerprint density at radius 2 is 1.64 bits per heavy atom. The zero-order valence-corrected chi connectivity index (χ0v) is 28.0. The van der Waals surface area contributed by atoms with E-state index in [0.717, 1.165) is 34.8 Å². The van der Waals surface area contributed by atoms with Crippen molar-refractivity contribution in [1.29, 1.82) is 0 Å². The average Bonchev–Trinajstić information content (AvgIpc) is 3.88. The summed E-state index contributed by atoms with van der Waals surface area (Å²) < 4.78 is 19.9. The van der Waals surface area contributed by atoms with E-state index in [-0.39, 0.29) is 11.8 Å². The molecule has 1 N–H and O–H groups in total. The van der Waals surface area contributed by atoms with Crippen LogP contribution in [0.4, 0.5) is 26.9 Å². The number of methoxy groups -OCH3 is 1. The Morgan fingerprint density at radius 1 is 0.936 bits per heavy atom. The number of rotatable bonds is 5. The number of nitrogens with one attached hydrogen (secondary N) is 1. The summed E-state index contributed by atoms with van der Waals surface area (Å²) in [5.74, 6) is 1.70. The Bertz CT molecular complexity index is 1960. The zero-order valence-electron chi connectivity index (χ0n) is 28.0. The molecule has 0 unspecified atom stereocenters. The number of ether oxygens (including phenoxy) is 3. The highest BCUT2D eigenvalue weighted by Gasteiger charge is 2.68. The second-order valence-corrected chi connectivity index (χ2v) is 14.7. The number of imide groups is 1. The molecule has 2 aromatic heterocycles. The quantitative estimate of drug-likeness (QED) is 0.248. The molecule has 3 heterocycles. The van der Waals surface area contributed by atoms with Gasteiger partial charge in [0.25, 0.3) is 0 Å². The van der Waals surface area contributed by atoms with Crippen LogP contribution in [0.3, 0.4) is 0 Å². The van der Waals surface area contributed by atoms with E-state index in [0.29, 0.717) is 46.1 Å². The van der Waals surface area contributed by atoms with Crippen LogP contribution < -0.4 is 15.0 Å². The van der Waals surface area contributed by atoms with Gasteiger partial charge in [0.2, 0.25) is 5.91 Å². The second kappa shape index (κ2) is 10.3. The normalized spacial score (nSPS) is 20.5. The SMILES string of the molecule is COc1ccc2c(c1)[C@]1(C[C@H]1c1ccc3c(Nc4cc(C5CC5)nn4C)nn(C(=O)OC(C)(C)C)c3c1)C(=O)N2C(=O)OC(C)(C)C. The van der Waals surface area contributed by atoms with Crippen LogP contribution >= 0.6 is 0 Å². The molecule has 4 aromatic rings. The van der Waals surface area contributed by atoms with Crippen molar-refractivity contribution in [3.05, 3.63) is 59.3 Å². The third kappa shape index (κ3) is 5.29. The van der Waals surface area contributed by atoms with E-state index in [1.807, 2.05) is 37.4 Å². The largest absolute Gasteiger partial charge is 0.497 e. The van der Waals surface area contributed by atoms with Gasteiger partial charge in [-0.2, -0.15) is 9.78 Å². The first-order valence-corrected chi connectivity index (χ1v) is 15.9. The van der Waals surface area contributed by atoms with Gasteiger partial charge >= 0.3 is 12.2 Å². The van der Waals surface area contributed by atoms with Crippen LogP contribution in [-0.4, -0.2) is 56.0 Å². The topological polar surface area (TPSA) is 130 Å². The van der Waals surface area contributed by atoms with Gasteiger partial charge in [0, 0.05) is 30.3 Å². The van der Waals surface area contributed by atoms with Crippen molar-refractivity contribution in [3.63, 3.8) is 0 Å². The molecular weight excluding hydrogens is 600 g/mol. The molecule has 2 aromatic carbocycles. The lowest BCUT2D eigenvalue weighted by Gasteiger charge is -2.24. The Morgan fingerprint density at radius 3 is 2.30 bits per heavy atom. The van der Waals surface area contributed by atoms with Gasteiger partial charge in [-0.25, -0.2) is 14.5 Å². The van der Waals surface area contributed by atoms with Gasteiger partial charge in [-0.1, -0.05) is 6.07 Å². The first-order valence-electron chi connectivity index (χ1n) is 15.9. The summed E-state index contributed by atoms with van der Waals surface area (Å²) in [5, 5.41) is 13.4. The third-order valence-corrected chi connectivity index (χ3v) is 8.86. The molecule has 246 valence electrons. The van der Waals surface area contributed by atoms with E-state index in [9.17, 15) is 14.4 Å². The van der Waals surface area contributed by atoms with Crippen molar-refractivity contribution in [2.75, 3.05) is 17.3 Å². The van der Waals surface area contributed by atoms with Gasteiger partial charge < -0.3 is 19.5 Å². The van der Waals surface area contributed by atoms with Crippen LogP contribution in [0.2, 0.25) is 0 Å². The van der Waals surface area contributed by atoms with Crippen molar-refractivity contribution in [2.24, 2.45) is 7.05 Å². The van der Waals surface area contributed by atoms with Crippen LogP contribution in [0.1, 0.15) is 89.5 Å². The number of benzene rings is 2. The van der Waals surface area contributed by atoms with E-state index in [4.69, 9.17) is 14.2 Å². The van der Waals surface area contributed by atoms with Crippen LogP contribution in [0, 0.1) is 0 Å². The number of amides is 2. The minimum absolute atomic E-state index is 0.269. The molecule has 2 fully saturated rings. The molecule has 2 aliphatic carbocycles. The van der Waals surface area contributed by atoms with Crippen molar-refractivity contribution in [3.8, 4) is 5.75 Å². The predicted molar refractivity (Wildman–Crippen MR) is 176 cm³/mol. The van der Waals surface area contributed by atoms with Gasteiger partial charge in [-0.3, -0.25) is 9.48 Å². The van der Waals surface area contributed by atoms with Gasteiger partial charge in [-0.05, 0) is 102 Å². The summed E-state index contributed by atoms with van der Waals surface area (Å²) in [5.41, 5.74) is 1.08. The fourth-order valence-electron chi connectivity index (χ4n) is 6.50. The van der Waals surface area contributed by atoms with E-state index in [2.05, 4.69) is 15.5 Å². The second-order valence-electron chi connectivity index (χ2n) is 14.7. The third-order valence-electron chi connectivity index (χ3n) is 8.86. The van der Waals surface area contributed by atoms with Gasteiger partial charge in [0.15, 0.2) is 5.82 Å². The summed E-state index contributed by atoms with van der Waals surface area (Å²) in [6.45, 7) is 10.7. The summed E-state index contributed by atoms with van der Waals surface area (Å²) >= 11 is 0. The number of hydrogen-bond donors (Lipinski definition) is 1. The van der Waals surface area contributed by atoms with Gasteiger partial charge in [0.1, 0.15) is 22.8 Å². The molecule has 2 atom stereocenters. The first-order chi connectivity index (χ1) is 22.1. The Balaban J connectivity index is 1.29. The van der Waals surface area contributed by atoms with E-state index >= 15 is 0 Å². The highest BCUT2D eigenvalue weighted by atomic mass is 16.6. The van der Waals surface area contributed by atoms with E-state index in [1.54, 1.807) is 65.5 Å². The number of nitrogens with zero attached hydrogens (tertiary/aromatic N) is 5. The Hall–Kier alpha value is -4.87. The molecular formula is C35H40N6O6. The fraction of sp³-hybridized carbons (Fsp3) is 0.457. The van der Waals surface area contributed by atoms with Crippen LogP contribution in [-0.2, 0) is 26.7 Å². The summed E-state index contributed by atoms with van der Waals surface area (Å²) in [6.07, 6.45) is 1.40. The highest BCUT2D eigenvalue weighted by molar-refractivity contribution is 6.23. The van der Waals surface area contributed by atoms with E-state index in [1.165, 1.54) is 4.68 Å². The molecule has 47 heavy (non-hydrogen) atoms. The predicted octanol–water partition coefficient (Wildman–Crippen LogP) is 6.89. The summed E-state index contributed by atoms with van der Waals surface area (Å²) in [6, 6.07) is 13.1. The lowest BCUT2D eigenvalue weighted by Crippen LogP contribution is -2.41. The number of aromatic nitrogens is 4. The number of carbonyl (C=O) groups excluding carboxylic acids is 3. The lowest BCUT2D eigenvalue weighted by molar-refractivity contribution is -0.120. The maximum atomic E-state index is 14.2. The zero-order chi connectivity index (χ0) is 33.6. The molecule has 0 radical (unpaired) electrons. The molecule has 12 nitrogen and oxygen atoms in total. The van der Waals surface area contributed by atoms with Crippen LogP contribution in [0.5, 0.6) is 5.75 Å². The van der Waals surface area contributed by atoms with Crippen LogP contribution in [0.25, 0.3) is 10.9 Å². The Kier molecular flexibility index (Phi) is 6.75. The highest BCUT2D eigenvalue weighted by Crippen LogP contribution is 2.67. The van der Waals surface area contributed by atoms with Crippen molar-refractivity contribution >= 4 is 46.3 Å². The fourth-order valence-corrected chi connectivity index (χ4v) is 6.50. The number of aryl methyl sites for hydroxylation is 1. The number of fused-ring (bicyclic) bond motifs is 3. The van der Waals surface area contributed by atoms with E-state index < -0.39 is 28.8 Å². The van der Waals surface area contributed by atoms with Crippen molar-refractivity contribution < 1.29 is 28.6 Å². The summed E-state index contributed by atoms with van der Waals surface area (Å²) in [4.78, 5) is 42.2. The minimum Gasteiger partial charge on any atom is -0.497 e. The molecule has 0 bridgehead atoms. The van der Waals surface area contributed by atoms with Crippen LogP contribution in [0.15, 0.2) is 42.5 Å². The van der Waals surface area contributed by atoms with Crippen molar-refractivity contribution in [2.45, 2.75) is 89.3 Å². The Labute approximate surface area is 272 Å². The maximum Gasteiger partial charge on any atom is 0.435 e. The molecule has 2 amide bonds. The number of hydrogen-bond acceptors (Lipinski definition) is 9. The number of carbonyl (C=O) groups is 3. The molecule has 7 rings (SSSR count). The molecule has 2 saturated carbocycles. The molecule has 1 aliphatic heterocycles. The first kappa shape index (κ1) is 30.8. The molecule has 12 heteroatoms. The molecule has 3 aliphatic rings. The average molecular weight is 641 g/mol. The minimum atomic E-state index is -0.986. The van der Waals surface area contributed by atoms with Crippen molar-refractivity contribution in [1.82, 2.24) is 19.6 Å². The standard InChI is InChI=1S/C35H40N6O6/c1-33(2,3)46-31(43)40-26-14-12-21(45-8)16-23(26)35(30(40)42)18-24(35)20-11-13-22-27(15-20)41(32(44)47-34(4,5)6)38-29(22)36-28-17-25(19-9-10-19)37-39(28)7/h11-17,19,24H,9-10,18H2,1-8H3,(H,36,38)/t24-,35-/m0/s1. The lowest BCUT2D eigenvalue weighted by atomic mass is 9.91.